The first-order valence-corrected chi connectivity index (χ1v) is 3.63. The van der Waals surface area contributed by atoms with Gasteiger partial charge in [-0.3, -0.25) is 4.79 Å². The molecule has 0 aromatic heterocycles. The number of ketones is 1. The molecule has 1 N–H and O–H groups in total. The molecule has 0 amide bonds. The molecule has 1 atom stereocenters. The highest BCUT2D eigenvalue weighted by molar-refractivity contribution is 14.1. The van der Waals surface area contributed by atoms with E-state index in [1.165, 1.54) is 0 Å². The van der Waals surface area contributed by atoms with Crippen molar-refractivity contribution >= 4 is 28.4 Å². The van der Waals surface area contributed by atoms with E-state index in [0.717, 1.165) is 0 Å². The van der Waals surface area contributed by atoms with Crippen LogP contribution in [0.2, 0.25) is 0 Å². The summed E-state index contributed by atoms with van der Waals surface area (Å²) in [5, 5.41) is 3.00. The van der Waals surface area contributed by atoms with Crippen LogP contribution in [-0.4, -0.2) is 9.83 Å². The van der Waals surface area contributed by atoms with Gasteiger partial charge < -0.3 is 5.32 Å². The van der Waals surface area contributed by atoms with E-state index >= 15 is 0 Å². The van der Waals surface area contributed by atoms with Gasteiger partial charge in [0.1, 0.15) is 0 Å². The Hall–Kier alpha value is -0.0600. The third-order valence-electron chi connectivity index (χ3n) is 0.927. The average molecular weight is 223 g/mol. The zero-order valence-electron chi connectivity index (χ0n) is 4.23. The second kappa shape index (κ2) is 2.48. The Bertz CT molecular complexity index is 132. The number of hydrogen-bond donors (Lipinski definition) is 1. The fourth-order valence-electron chi connectivity index (χ4n) is 0.549. The van der Waals surface area contributed by atoms with E-state index in [1.807, 2.05) is 0 Å². The monoisotopic (exact) mass is 223 g/mol. The molecular weight excluding hydrogens is 217 g/mol. The molecule has 3 heteroatoms. The van der Waals surface area contributed by atoms with Crippen LogP contribution in [0.1, 0.15) is 6.42 Å². The smallest absolute Gasteiger partial charge is 0.159 e. The normalized spacial score (nSPS) is 27.6. The number of rotatable bonds is 0. The number of allylic oxidation sites excluding steroid dienone is 1. The Morgan fingerprint density at radius 3 is 3.00 bits per heavy atom. The molecule has 2 nitrogen and oxygen atoms in total. The summed E-state index contributed by atoms with van der Waals surface area (Å²) >= 11 is 2.19. The summed E-state index contributed by atoms with van der Waals surface area (Å²) in [5.74, 6) is 0.211. The van der Waals surface area contributed by atoms with Gasteiger partial charge in [-0.05, 0) is 6.08 Å². The van der Waals surface area contributed by atoms with Crippen molar-refractivity contribution in [2.75, 3.05) is 0 Å². The SMILES string of the molecule is O=C1C=CNC(I)C1. The van der Waals surface area contributed by atoms with Gasteiger partial charge in [0, 0.05) is 12.6 Å². The van der Waals surface area contributed by atoms with Crippen LogP contribution in [0.15, 0.2) is 12.3 Å². The number of carbonyl (C=O) groups excluding carboxylic acids is 1. The predicted octanol–water partition coefficient (Wildman–Crippen LogP) is 0.824. The van der Waals surface area contributed by atoms with Gasteiger partial charge in [0.05, 0.1) is 4.05 Å². The highest BCUT2D eigenvalue weighted by atomic mass is 127. The van der Waals surface area contributed by atoms with Crippen LogP contribution in [0.4, 0.5) is 0 Å². The standard InChI is InChI=1S/C5H6INO/c6-5-3-4(8)1-2-7-5/h1-2,5,7H,3H2. The fourth-order valence-corrected chi connectivity index (χ4v) is 1.19. The minimum Gasteiger partial charge on any atom is -0.379 e. The average Bonchev–Trinajstić information content (AvgIpc) is 1.64. The molecule has 0 aliphatic carbocycles. The topological polar surface area (TPSA) is 29.1 Å². The summed E-state index contributed by atoms with van der Waals surface area (Å²) in [6.07, 6.45) is 3.88. The van der Waals surface area contributed by atoms with E-state index in [9.17, 15) is 4.79 Å². The van der Waals surface area contributed by atoms with Gasteiger partial charge in [-0.2, -0.15) is 0 Å². The highest BCUT2D eigenvalue weighted by Crippen LogP contribution is 2.06. The van der Waals surface area contributed by atoms with Crippen LogP contribution < -0.4 is 5.32 Å². The molecule has 0 saturated heterocycles. The zero-order chi connectivity index (χ0) is 5.98. The van der Waals surface area contributed by atoms with Gasteiger partial charge in [-0.15, -0.1) is 0 Å². The summed E-state index contributed by atoms with van der Waals surface area (Å²) in [6.45, 7) is 0. The first kappa shape index (κ1) is 6.07. The Morgan fingerprint density at radius 2 is 2.62 bits per heavy atom. The summed E-state index contributed by atoms with van der Waals surface area (Å²) in [7, 11) is 0. The molecule has 44 valence electrons. The molecule has 1 heterocycles. The molecule has 0 fully saturated rings. The Morgan fingerprint density at radius 1 is 1.88 bits per heavy atom. The van der Waals surface area contributed by atoms with Crippen LogP contribution in [0.25, 0.3) is 0 Å². The molecule has 8 heavy (non-hydrogen) atoms. The van der Waals surface area contributed by atoms with Gasteiger partial charge >= 0.3 is 0 Å². The molecule has 1 aliphatic rings. The fraction of sp³-hybridized carbons (Fsp3) is 0.400. The van der Waals surface area contributed by atoms with Crippen molar-refractivity contribution < 1.29 is 4.79 Å². The summed E-state index contributed by atoms with van der Waals surface area (Å²) < 4.78 is 0.296. The third kappa shape index (κ3) is 1.47. The second-order valence-corrected chi connectivity index (χ2v) is 3.14. The lowest BCUT2D eigenvalue weighted by molar-refractivity contribution is -0.114. The van der Waals surface area contributed by atoms with E-state index in [2.05, 4.69) is 27.9 Å². The van der Waals surface area contributed by atoms with E-state index in [4.69, 9.17) is 0 Å². The van der Waals surface area contributed by atoms with Gasteiger partial charge in [0.15, 0.2) is 5.78 Å². The lowest BCUT2D eigenvalue weighted by Gasteiger charge is -2.10. The van der Waals surface area contributed by atoms with Gasteiger partial charge in [-0.25, -0.2) is 0 Å². The van der Waals surface area contributed by atoms with E-state index in [-0.39, 0.29) is 5.78 Å². The van der Waals surface area contributed by atoms with Crippen molar-refractivity contribution in [1.29, 1.82) is 0 Å². The molecule has 1 aliphatic heterocycles. The molecular formula is C5H6INO. The van der Waals surface area contributed by atoms with Gasteiger partial charge in [0.25, 0.3) is 0 Å². The lowest BCUT2D eigenvalue weighted by Crippen LogP contribution is -2.24. The maximum absolute atomic E-state index is 10.5. The van der Waals surface area contributed by atoms with Crippen molar-refractivity contribution in [3.05, 3.63) is 12.3 Å². The summed E-state index contributed by atoms with van der Waals surface area (Å²) in [6, 6.07) is 0. The lowest BCUT2D eigenvalue weighted by atomic mass is 10.2. The number of alkyl halides is 1. The van der Waals surface area contributed by atoms with Crippen molar-refractivity contribution in [3.63, 3.8) is 0 Å². The number of nitrogens with one attached hydrogen (secondary N) is 1. The van der Waals surface area contributed by atoms with Crippen molar-refractivity contribution in [1.82, 2.24) is 5.32 Å². The van der Waals surface area contributed by atoms with Crippen LogP contribution in [0, 0.1) is 0 Å². The third-order valence-corrected chi connectivity index (χ3v) is 1.73. The predicted molar refractivity (Wildman–Crippen MR) is 39.7 cm³/mol. The number of hydrogen-bond acceptors (Lipinski definition) is 2. The summed E-state index contributed by atoms with van der Waals surface area (Å²) in [5.41, 5.74) is 0. The largest absolute Gasteiger partial charge is 0.379 e. The molecule has 0 radical (unpaired) electrons. The van der Waals surface area contributed by atoms with E-state index < -0.39 is 0 Å². The Kier molecular flexibility index (Phi) is 1.88. The van der Waals surface area contributed by atoms with Crippen LogP contribution >= 0.6 is 22.6 Å². The van der Waals surface area contributed by atoms with Crippen LogP contribution in [-0.2, 0) is 4.79 Å². The van der Waals surface area contributed by atoms with Crippen molar-refractivity contribution in [2.24, 2.45) is 0 Å². The number of halogens is 1. The number of carbonyl (C=O) groups is 1. The first-order chi connectivity index (χ1) is 3.79. The van der Waals surface area contributed by atoms with Crippen molar-refractivity contribution in [3.8, 4) is 0 Å². The van der Waals surface area contributed by atoms with Crippen molar-refractivity contribution in [2.45, 2.75) is 10.5 Å². The van der Waals surface area contributed by atoms with Crippen LogP contribution in [0.5, 0.6) is 0 Å². The minimum atomic E-state index is 0.211. The highest BCUT2D eigenvalue weighted by Gasteiger charge is 2.09. The first-order valence-electron chi connectivity index (χ1n) is 2.38. The molecule has 0 spiro atoms. The Balaban J connectivity index is 2.54. The zero-order valence-corrected chi connectivity index (χ0v) is 6.38. The van der Waals surface area contributed by atoms with E-state index in [1.54, 1.807) is 12.3 Å². The van der Waals surface area contributed by atoms with Crippen LogP contribution in [0.3, 0.4) is 0 Å². The molecule has 0 saturated carbocycles. The quantitative estimate of drug-likeness (QED) is 0.374. The maximum atomic E-state index is 10.5. The molecule has 0 aromatic rings. The molecule has 0 aromatic carbocycles. The molecule has 0 bridgehead atoms. The second-order valence-electron chi connectivity index (χ2n) is 1.64. The minimum absolute atomic E-state index is 0.211. The van der Waals surface area contributed by atoms with E-state index in [0.29, 0.717) is 10.5 Å². The van der Waals surface area contributed by atoms with Gasteiger partial charge in [-0.1, -0.05) is 22.6 Å². The maximum Gasteiger partial charge on any atom is 0.159 e. The van der Waals surface area contributed by atoms with Gasteiger partial charge in [0.2, 0.25) is 0 Å². The molecule has 1 rings (SSSR count). The molecule has 1 unspecified atom stereocenters. The summed E-state index contributed by atoms with van der Waals surface area (Å²) in [4.78, 5) is 10.5. The Labute approximate surface area is 61.5 Å².